The molecule has 132 valence electrons. The van der Waals surface area contributed by atoms with Crippen LogP contribution >= 0.6 is 11.8 Å². The molecule has 2 heterocycles. The highest BCUT2D eigenvalue weighted by Crippen LogP contribution is 2.22. The van der Waals surface area contributed by atoms with Gasteiger partial charge in [0, 0.05) is 19.2 Å². The van der Waals surface area contributed by atoms with Crippen molar-refractivity contribution in [3.8, 4) is 0 Å². The zero-order chi connectivity index (χ0) is 17.7. The summed E-state index contributed by atoms with van der Waals surface area (Å²) in [5, 5.41) is 15.4. The molecule has 0 bridgehead atoms. The van der Waals surface area contributed by atoms with Gasteiger partial charge in [-0.2, -0.15) is 0 Å². The van der Waals surface area contributed by atoms with Crippen LogP contribution in [0.15, 0.2) is 10.6 Å². The summed E-state index contributed by atoms with van der Waals surface area (Å²) in [6.07, 6.45) is 0.589. The van der Waals surface area contributed by atoms with Crippen molar-refractivity contribution in [3.63, 3.8) is 0 Å². The first-order chi connectivity index (χ1) is 11.3. The molecule has 0 spiro atoms. The number of carboxylic acid groups (broad SMARTS) is 1. The molecule has 2 unspecified atom stereocenters. The lowest BCUT2D eigenvalue weighted by atomic mass is 9.90. The van der Waals surface area contributed by atoms with Crippen LogP contribution < -0.4 is 5.32 Å². The molecule has 9 heteroatoms. The number of amides is 2. The van der Waals surface area contributed by atoms with Crippen LogP contribution in [-0.2, 0) is 14.4 Å². The van der Waals surface area contributed by atoms with E-state index in [1.807, 2.05) is 6.92 Å². The van der Waals surface area contributed by atoms with E-state index in [2.05, 4.69) is 10.5 Å². The molecule has 1 aromatic rings. The standard InChI is InChI=1S/C15H21N3O5S/c1-9-3-11(15(21)22)6-18(5-9)14(20)8-24-7-13(19)16-12-4-10(2)23-17-12/h4,9,11H,3,5-8H2,1-2H3,(H,21,22)(H,16,17,19). The molecular weight excluding hydrogens is 334 g/mol. The predicted molar refractivity (Wildman–Crippen MR) is 88.7 cm³/mol. The average Bonchev–Trinajstić information content (AvgIpc) is 2.91. The van der Waals surface area contributed by atoms with E-state index in [1.54, 1.807) is 17.9 Å². The number of likely N-dealkylation sites (tertiary alicyclic amines) is 1. The van der Waals surface area contributed by atoms with Crippen LogP contribution in [0.1, 0.15) is 19.1 Å². The topological polar surface area (TPSA) is 113 Å². The van der Waals surface area contributed by atoms with Gasteiger partial charge < -0.3 is 19.8 Å². The Hall–Kier alpha value is -2.03. The van der Waals surface area contributed by atoms with Gasteiger partial charge in [0.25, 0.3) is 0 Å². The molecule has 1 aromatic heterocycles. The van der Waals surface area contributed by atoms with Crippen LogP contribution in [0.2, 0.25) is 0 Å². The zero-order valence-corrected chi connectivity index (χ0v) is 14.5. The molecule has 8 nitrogen and oxygen atoms in total. The number of aliphatic carboxylic acids is 1. The van der Waals surface area contributed by atoms with Crippen molar-refractivity contribution >= 4 is 35.4 Å². The number of carboxylic acids is 1. The molecule has 2 amide bonds. The second kappa shape index (κ2) is 8.18. The van der Waals surface area contributed by atoms with Crippen LogP contribution in [0.25, 0.3) is 0 Å². The normalized spacial score (nSPS) is 20.7. The minimum Gasteiger partial charge on any atom is -0.481 e. The summed E-state index contributed by atoms with van der Waals surface area (Å²) in [4.78, 5) is 36.7. The summed E-state index contributed by atoms with van der Waals surface area (Å²) in [6, 6.07) is 1.61. The van der Waals surface area contributed by atoms with Crippen molar-refractivity contribution in [2.24, 2.45) is 11.8 Å². The summed E-state index contributed by atoms with van der Waals surface area (Å²) in [6.45, 7) is 4.47. The quantitative estimate of drug-likeness (QED) is 0.789. The van der Waals surface area contributed by atoms with Crippen LogP contribution in [0.5, 0.6) is 0 Å². The number of nitrogens with zero attached hydrogens (tertiary/aromatic N) is 2. The van der Waals surface area contributed by atoms with Crippen molar-refractivity contribution in [2.75, 3.05) is 29.9 Å². The number of hydrogen-bond donors (Lipinski definition) is 2. The van der Waals surface area contributed by atoms with Gasteiger partial charge in [0.1, 0.15) is 5.76 Å². The lowest BCUT2D eigenvalue weighted by Crippen LogP contribution is -2.46. The van der Waals surface area contributed by atoms with Crippen molar-refractivity contribution in [2.45, 2.75) is 20.3 Å². The summed E-state index contributed by atoms with van der Waals surface area (Å²) < 4.78 is 4.85. The molecule has 1 aliphatic rings. The molecule has 0 aromatic carbocycles. The minimum atomic E-state index is -0.866. The van der Waals surface area contributed by atoms with E-state index in [-0.39, 0.29) is 35.8 Å². The van der Waals surface area contributed by atoms with Crippen molar-refractivity contribution in [1.29, 1.82) is 0 Å². The highest BCUT2D eigenvalue weighted by molar-refractivity contribution is 8.00. The Bertz CT molecular complexity index is 618. The maximum Gasteiger partial charge on any atom is 0.308 e. The van der Waals surface area contributed by atoms with E-state index >= 15 is 0 Å². The number of thioether (sulfide) groups is 1. The fraction of sp³-hybridized carbons (Fsp3) is 0.600. The number of rotatable bonds is 6. The zero-order valence-electron chi connectivity index (χ0n) is 13.7. The minimum absolute atomic E-state index is 0.114. The van der Waals surface area contributed by atoms with E-state index in [4.69, 9.17) is 9.63 Å². The Kier molecular flexibility index (Phi) is 6.24. The van der Waals surface area contributed by atoms with Gasteiger partial charge in [-0.25, -0.2) is 0 Å². The molecule has 1 fully saturated rings. The molecule has 2 atom stereocenters. The third kappa shape index (κ3) is 5.26. The van der Waals surface area contributed by atoms with E-state index in [9.17, 15) is 14.4 Å². The first kappa shape index (κ1) is 18.3. The number of aryl methyl sites for hydroxylation is 1. The molecular formula is C15H21N3O5S. The summed E-state index contributed by atoms with van der Waals surface area (Å²) >= 11 is 1.19. The summed E-state index contributed by atoms with van der Waals surface area (Å²) in [5.41, 5.74) is 0. The molecule has 0 radical (unpaired) electrons. The number of piperidine rings is 1. The van der Waals surface area contributed by atoms with Crippen LogP contribution in [-0.4, -0.2) is 57.5 Å². The van der Waals surface area contributed by atoms with E-state index < -0.39 is 11.9 Å². The first-order valence-electron chi connectivity index (χ1n) is 7.66. The fourth-order valence-corrected chi connectivity index (χ4v) is 3.38. The maximum absolute atomic E-state index is 12.2. The Morgan fingerprint density at radius 3 is 2.79 bits per heavy atom. The Labute approximate surface area is 143 Å². The van der Waals surface area contributed by atoms with Crippen molar-refractivity contribution in [1.82, 2.24) is 10.1 Å². The molecule has 1 saturated heterocycles. The number of carbonyl (C=O) groups is 3. The van der Waals surface area contributed by atoms with E-state index in [0.717, 1.165) is 0 Å². The Morgan fingerprint density at radius 2 is 2.17 bits per heavy atom. The molecule has 0 aliphatic carbocycles. The van der Waals surface area contributed by atoms with Crippen LogP contribution in [0.3, 0.4) is 0 Å². The molecule has 2 N–H and O–H groups in total. The van der Waals surface area contributed by atoms with Gasteiger partial charge in [-0.1, -0.05) is 12.1 Å². The number of aromatic nitrogens is 1. The van der Waals surface area contributed by atoms with Gasteiger partial charge in [-0.05, 0) is 19.3 Å². The number of anilines is 1. The van der Waals surface area contributed by atoms with Gasteiger partial charge in [-0.15, -0.1) is 11.8 Å². The van der Waals surface area contributed by atoms with Crippen LogP contribution in [0.4, 0.5) is 5.82 Å². The lowest BCUT2D eigenvalue weighted by Gasteiger charge is -2.34. The molecule has 2 rings (SSSR count). The molecule has 24 heavy (non-hydrogen) atoms. The van der Waals surface area contributed by atoms with Crippen LogP contribution in [0, 0.1) is 18.8 Å². The summed E-state index contributed by atoms with van der Waals surface area (Å²) in [5.74, 6) is -0.421. The Morgan fingerprint density at radius 1 is 1.42 bits per heavy atom. The highest BCUT2D eigenvalue weighted by atomic mass is 32.2. The first-order valence-corrected chi connectivity index (χ1v) is 8.82. The monoisotopic (exact) mass is 355 g/mol. The summed E-state index contributed by atoms with van der Waals surface area (Å²) in [7, 11) is 0. The third-order valence-corrected chi connectivity index (χ3v) is 4.63. The van der Waals surface area contributed by atoms with Crippen molar-refractivity contribution in [3.05, 3.63) is 11.8 Å². The molecule has 0 saturated carbocycles. The third-order valence-electron chi connectivity index (χ3n) is 3.72. The maximum atomic E-state index is 12.2. The van der Waals surface area contributed by atoms with Gasteiger partial charge in [-0.3, -0.25) is 14.4 Å². The highest BCUT2D eigenvalue weighted by Gasteiger charge is 2.31. The Balaban J connectivity index is 1.74. The second-order valence-corrected chi connectivity index (χ2v) is 7.02. The van der Waals surface area contributed by atoms with Crippen molar-refractivity contribution < 1.29 is 24.0 Å². The number of hydrogen-bond acceptors (Lipinski definition) is 6. The van der Waals surface area contributed by atoms with Gasteiger partial charge in [0.15, 0.2) is 5.82 Å². The number of carbonyl (C=O) groups excluding carboxylic acids is 2. The van der Waals surface area contributed by atoms with Gasteiger partial charge in [0.05, 0.1) is 17.4 Å². The predicted octanol–water partition coefficient (Wildman–Crippen LogP) is 1.22. The van der Waals surface area contributed by atoms with E-state index in [1.165, 1.54) is 11.8 Å². The fourth-order valence-electron chi connectivity index (χ4n) is 2.66. The molecule has 1 aliphatic heterocycles. The van der Waals surface area contributed by atoms with E-state index in [0.29, 0.717) is 24.5 Å². The largest absolute Gasteiger partial charge is 0.481 e. The lowest BCUT2D eigenvalue weighted by molar-refractivity contribution is -0.146. The average molecular weight is 355 g/mol. The number of nitrogens with one attached hydrogen (secondary N) is 1. The second-order valence-electron chi connectivity index (χ2n) is 6.04. The van der Waals surface area contributed by atoms with Gasteiger partial charge in [0.2, 0.25) is 11.8 Å². The SMILES string of the molecule is Cc1cc(NC(=O)CSCC(=O)N2CC(C)CC(C(=O)O)C2)no1. The van der Waals surface area contributed by atoms with Gasteiger partial charge >= 0.3 is 5.97 Å². The smallest absolute Gasteiger partial charge is 0.308 e.